The van der Waals surface area contributed by atoms with E-state index >= 15 is 0 Å². The molecular formula is C5H6Mg2N2O7P2. The molecule has 1 aromatic heterocycles. The van der Waals surface area contributed by atoms with Gasteiger partial charge >= 0.3 is 46.1 Å². The average molecular weight is 317 g/mol. The largest absolute Gasteiger partial charge is 2.00 e. The van der Waals surface area contributed by atoms with Crippen molar-refractivity contribution in [2.24, 2.45) is 0 Å². The summed E-state index contributed by atoms with van der Waals surface area (Å²) >= 11 is 0. The molecule has 0 aliphatic heterocycles. The van der Waals surface area contributed by atoms with E-state index in [4.69, 9.17) is 0 Å². The van der Waals surface area contributed by atoms with Crippen molar-refractivity contribution in [2.75, 3.05) is 0 Å². The Morgan fingerprint density at radius 1 is 1.17 bits per heavy atom. The van der Waals surface area contributed by atoms with Gasteiger partial charge in [-0.25, -0.2) is 4.98 Å². The van der Waals surface area contributed by atoms with Gasteiger partial charge < -0.3 is 38.4 Å². The number of rotatable bonds is 4. The number of aliphatic hydroxyl groups is 1. The van der Waals surface area contributed by atoms with Crippen LogP contribution in [-0.2, 0) is 15.7 Å². The van der Waals surface area contributed by atoms with Crippen LogP contribution in [0.15, 0.2) is 18.7 Å². The minimum Gasteiger partial charge on any atom is -0.808 e. The van der Waals surface area contributed by atoms with Crippen LogP contribution in [0.2, 0.25) is 0 Å². The van der Waals surface area contributed by atoms with E-state index in [9.17, 15) is 33.8 Å². The maximum Gasteiger partial charge on any atom is 2.00 e. The first-order valence-corrected chi connectivity index (χ1v) is 6.89. The van der Waals surface area contributed by atoms with Gasteiger partial charge in [0.15, 0.2) is 0 Å². The molecule has 0 spiro atoms. The Bertz CT molecular complexity index is 432. The maximum absolute atomic E-state index is 10.6. The Morgan fingerprint density at radius 2 is 1.61 bits per heavy atom. The van der Waals surface area contributed by atoms with Crippen LogP contribution >= 0.6 is 15.2 Å². The molecule has 0 aliphatic rings. The summed E-state index contributed by atoms with van der Waals surface area (Å²) in [6.07, 6.45) is 3.20. The Labute approximate surface area is 134 Å². The predicted molar refractivity (Wildman–Crippen MR) is 53.9 cm³/mol. The smallest absolute Gasteiger partial charge is 0.808 e. The summed E-state index contributed by atoms with van der Waals surface area (Å²) < 4.78 is 22.1. The van der Waals surface area contributed by atoms with Crippen LogP contribution in [0, 0.1) is 0 Å². The molecule has 0 fully saturated rings. The zero-order chi connectivity index (χ0) is 12.6. The third kappa shape index (κ3) is 4.53. The molecular weight excluding hydrogens is 311 g/mol. The molecule has 1 aromatic rings. The summed E-state index contributed by atoms with van der Waals surface area (Å²) in [6.45, 7) is -1.21. The second kappa shape index (κ2) is 7.14. The van der Waals surface area contributed by atoms with Crippen LogP contribution in [0.5, 0.6) is 0 Å². The van der Waals surface area contributed by atoms with Gasteiger partial charge in [-0.3, -0.25) is 0 Å². The summed E-state index contributed by atoms with van der Waals surface area (Å²) in [5, 5.41) is 5.34. The van der Waals surface area contributed by atoms with Gasteiger partial charge in [-0.2, -0.15) is 0 Å². The molecule has 9 nitrogen and oxygen atoms in total. The summed E-state index contributed by atoms with van der Waals surface area (Å²) in [5.74, 6) is 0. The van der Waals surface area contributed by atoms with Crippen LogP contribution in [0.1, 0.15) is 0 Å². The third-order valence-corrected chi connectivity index (χ3v) is 5.34. The maximum atomic E-state index is 10.6. The van der Waals surface area contributed by atoms with E-state index in [1.54, 1.807) is 0 Å². The molecule has 0 saturated carbocycles. The van der Waals surface area contributed by atoms with Crippen molar-refractivity contribution in [2.45, 2.75) is 11.6 Å². The fraction of sp³-hybridized carbons (Fsp3) is 0.400. The normalized spacial score (nSPS) is 12.5. The number of hydrogen-bond donors (Lipinski definition) is 1. The van der Waals surface area contributed by atoms with Crippen molar-refractivity contribution in [1.82, 2.24) is 9.55 Å². The fourth-order valence-electron chi connectivity index (χ4n) is 0.948. The Hall–Kier alpha value is 1.00. The van der Waals surface area contributed by atoms with Crippen LogP contribution < -0.4 is 19.6 Å². The van der Waals surface area contributed by atoms with Crippen molar-refractivity contribution in [3.8, 4) is 0 Å². The first-order valence-electron chi connectivity index (χ1n) is 3.80. The second-order valence-electron chi connectivity index (χ2n) is 3.00. The van der Waals surface area contributed by atoms with Crippen LogP contribution in [0.25, 0.3) is 0 Å². The quantitative estimate of drug-likeness (QED) is 0.429. The average Bonchev–Trinajstić information content (AvgIpc) is 2.52. The molecule has 1 N–H and O–H groups in total. The predicted octanol–water partition coefficient (Wildman–Crippen LogP) is -4.40. The van der Waals surface area contributed by atoms with E-state index in [1.807, 2.05) is 0 Å². The van der Waals surface area contributed by atoms with Crippen LogP contribution in [0.4, 0.5) is 0 Å². The molecule has 0 bridgehead atoms. The van der Waals surface area contributed by atoms with E-state index in [1.165, 1.54) is 0 Å². The standard InChI is InChI=1S/C5H10N2O7P2.2Mg/c8-5(15(9,10)11,16(12,13)14)3-7-2-1-6-4-7;;/h1-2,4,8H,3H2,(H2,9,10,11)(H2,12,13,14);;/q;2*+2/p-4. The first kappa shape index (κ1) is 21.3. The molecule has 0 unspecified atom stereocenters. The van der Waals surface area contributed by atoms with E-state index < -0.39 is 26.8 Å². The zero-order valence-electron chi connectivity index (χ0n) is 9.04. The topological polar surface area (TPSA) is 164 Å². The molecule has 13 heteroatoms. The summed E-state index contributed by atoms with van der Waals surface area (Å²) in [4.78, 5) is 46.0. The van der Waals surface area contributed by atoms with Gasteiger partial charge in [-0.05, 0) is 15.2 Å². The SMILES string of the molecule is O=P([O-])([O-])C(O)(Cn1ccnc1)P(=O)([O-])[O-].[Mg+2].[Mg+2]. The van der Waals surface area contributed by atoms with Crippen molar-refractivity contribution < 1.29 is 33.8 Å². The minimum absolute atomic E-state index is 0. The van der Waals surface area contributed by atoms with Crippen molar-refractivity contribution in [3.63, 3.8) is 0 Å². The van der Waals surface area contributed by atoms with Crippen LogP contribution in [0.3, 0.4) is 0 Å². The van der Waals surface area contributed by atoms with Crippen molar-refractivity contribution >= 4 is 61.3 Å². The van der Waals surface area contributed by atoms with Gasteiger partial charge in [-0.15, -0.1) is 0 Å². The number of imidazole rings is 1. The monoisotopic (exact) mass is 316 g/mol. The fourth-order valence-corrected chi connectivity index (χ4v) is 2.82. The van der Waals surface area contributed by atoms with Gasteiger partial charge in [0, 0.05) is 12.4 Å². The molecule has 92 valence electrons. The van der Waals surface area contributed by atoms with Gasteiger partial charge in [0.25, 0.3) is 0 Å². The van der Waals surface area contributed by atoms with E-state index in [2.05, 4.69) is 4.98 Å². The summed E-state index contributed by atoms with van der Waals surface area (Å²) in [6, 6.07) is 0. The molecule has 0 amide bonds. The molecule has 0 saturated heterocycles. The van der Waals surface area contributed by atoms with E-state index in [0.717, 1.165) is 23.3 Å². The van der Waals surface area contributed by atoms with E-state index in [0.29, 0.717) is 0 Å². The Balaban J connectivity index is 0. The number of hydrogen-bond acceptors (Lipinski definition) is 8. The van der Waals surface area contributed by atoms with Gasteiger partial charge in [0.05, 0.1) is 12.9 Å². The van der Waals surface area contributed by atoms with Gasteiger partial charge in [-0.1, -0.05) is 0 Å². The Morgan fingerprint density at radius 3 is 1.89 bits per heavy atom. The van der Waals surface area contributed by atoms with Crippen molar-refractivity contribution in [1.29, 1.82) is 0 Å². The van der Waals surface area contributed by atoms with E-state index in [-0.39, 0.29) is 46.1 Å². The molecule has 0 aromatic carbocycles. The molecule has 1 rings (SSSR count). The third-order valence-electron chi connectivity index (χ3n) is 1.83. The Kier molecular flexibility index (Phi) is 8.45. The number of nitrogens with zero attached hydrogens (tertiary/aromatic N) is 2. The van der Waals surface area contributed by atoms with Gasteiger partial charge in [0.1, 0.15) is 5.08 Å². The van der Waals surface area contributed by atoms with Gasteiger partial charge in [0.2, 0.25) is 0 Å². The first-order chi connectivity index (χ1) is 7.08. The van der Waals surface area contributed by atoms with Crippen LogP contribution in [-0.4, -0.2) is 65.8 Å². The second-order valence-corrected chi connectivity index (χ2v) is 6.83. The summed E-state index contributed by atoms with van der Waals surface area (Å²) in [7, 11) is -12.1. The molecule has 0 atom stereocenters. The number of aromatic nitrogens is 2. The van der Waals surface area contributed by atoms with Crippen molar-refractivity contribution in [3.05, 3.63) is 18.7 Å². The zero-order valence-corrected chi connectivity index (χ0v) is 13.7. The summed E-state index contributed by atoms with van der Waals surface area (Å²) in [5.41, 5.74) is 0. The molecule has 18 heavy (non-hydrogen) atoms. The minimum atomic E-state index is -6.03. The molecule has 1 heterocycles. The molecule has 0 aliphatic carbocycles. The molecule has 0 radical (unpaired) electrons.